The summed E-state index contributed by atoms with van der Waals surface area (Å²) < 4.78 is 0. The van der Waals surface area contributed by atoms with Crippen molar-refractivity contribution in [3.8, 4) is 0 Å². The highest BCUT2D eigenvalue weighted by Crippen LogP contribution is 2.18. The minimum absolute atomic E-state index is 0.134. The van der Waals surface area contributed by atoms with Gasteiger partial charge in [0.2, 0.25) is 0 Å². The van der Waals surface area contributed by atoms with Crippen molar-refractivity contribution in [2.24, 2.45) is 0 Å². The summed E-state index contributed by atoms with van der Waals surface area (Å²) >= 11 is 1.33. The zero-order valence-corrected chi connectivity index (χ0v) is 11.5. The van der Waals surface area contributed by atoms with Gasteiger partial charge in [-0.1, -0.05) is 43.4 Å². The summed E-state index contributed by atoms with van der Waals surface area (Å²) in [5.41, 5.74) is 0.784. The standard InChI is InChI=1S/C11H11N3OS.C2H6/c1-12-11-13-7-9(16-11)10(15)14-8-5-3-2-4-6-8;1-2/h2-7H,1H3,(H,12,13)(H,14,15);1-2H3. The first-order valence-electron chi connectivity index (χ1n) is 5.79. The van der Waals surface area contributed by atoms with Crippen LogP contribution in [0.15, 0.2) is 36.5 Å². The summed E-state index contributed by atoms with van der Waals surface area (Å²) in [4.78, 5) is 16.4. The molecule has 0 radical (unpaired) electrons. The number of nitrogens with one attached hydrogen (secondary N) is 2. The van der Waals surface area contributed by atoms with Crippen molar-refractivity contribution in [1.29, 1.82) is 0 Å². The van der Waals surface area contributed by atoms with Gasteiger partial charge in [0.05, 0.1) is 6.20 Å². The Labute approximate surface area is 111 Å². The van der Waals surface area contributed by atoms with Crippen molar-refractivity contribution < 1.29 is 4.79 Å². The quantitative estimate of drug-likeness (QED) is 0.891. The van der Waals surface area contributed by atoms with Crippen LogP contribution in [0.5, 0.6) is 0 Å². The molecule has 0 saturated carbocycles. The molecule has 1 amide bonds. The maximum absolute atomic E-state index is 11.8. The van der Waals surface area contributed by atoms with E-state index in [0.717, 1.165) is 10.8 Å². The fraction of sp³-hybridized carbons (Fsp3) is 0.231. The summed E-state index contributed by atoms with van der Waals surface area (Å²) in [5, 5.41) is 6.43. The van der Waals surface area contributed by atoms with Crippen LogP contribution in [0.25, 0.3) is 0 Å². The fourth-order valence-electron chi connectivity index (χ4n) is 1.21. The molecule has 0 spiro atoms. The van der Waals surface area contributed by atoms with E-state index in [0.29, 0.717) is 4.88 Å². The van der Waals surface area contributed by atoms with Crippen LogP contribution in [0.2, 0.25) is 0 Å². The van der Waals surface area contributed by atoms with Gasteiger partial charge in [-0.05, 0) is 12.1 Å². The predicted octanol–water partition coefficient (Wildman–Crippen LogP) is 3.46. The molecular formula is C13H17N3OS. The number of aromatic nitrogens is 1. The minimum atomic E-state index is -0.134. The molecule has 0 bridgehead atoms. The van der Waals surface area contributed by atoms with E-state index in [1.54, 1.807) is 13.2 Å². The summed E-state index contributed by atoms with van der Waals surface area (Å²) in [6.45, 7) is 4.00. The van der Waals surface area contributed by atoms with Gasteiger partial charge in [0, 0.05) is 12.7 Å². The smallest absolute Gasteiger partial charge is 0.267 e. The monoisotopic (exact) mass is 263 g/mol. The van der Waals surface area contributed by atoms with Gasteiger partial charge in [-0.3, -0.25) is 4.79 Å². The van der Waals surface area contributed by atoms with Gasteiger partial charge in [-0.25, -0.2) is 4.98 Å². The number of hydrogen-bond acceptors (Lipinski definition) is 4. The van der Waals surface area contributed by atoms with Crippen LogP contribution in [0, 0.1) is 0 Å². The highest BCUT2D eigenvalue weighted by molar-refractivity contribution is 7.17. The molecule has 0 unspecified atom stereocenters. The third kappa shape index (κ3) is 3.85. The van der Waals surface area contributed by atoms with Gasteiger partial charge in [0.25, 0.3) is 5.91 Å². The predicted molar refractivity (Wildman–Crippen MR) is 77.4 cm³/mol. The number of hydrogen-bond donors (Lipinski definition) is 2. The van der Waals surface area contributed by atoms with Gasteiger partial charge in [0.1, 0.15) is 4.88 Å². The van der Waals surface area contributed by atoms with Gasteiger partial charge >= 0.3 is 0 Å². The van der Waals surface area contributed by atoms with Crippen molar-refractivity contribution in [1.82, 2.24) is 4.98 Å². The molecule has 1 heterocycles. The molecule has 0 aliphatic carbocycles. The van der Waals surface area contributed by atoms with Crippen LogP contribution in [-0.4, -0.2) is 17.9 Å². The average molecular weight is 263 g/mol. The summed E-state index contributed by atoms with van der Waals surface area (Å²) in [5.74, 6) is -0.134. The van der Waals surface area contributed by atoms with Crippen LogP contribution in [0.3, 0.4) is 0 Å². The van der Waals surface area contributed by atoms with Gasteiger partial charge in [-0.15, -0.1) is 0 Å². The number of thiazole rings is 1. The number of anilines is 2. The Kier molecular flexibility index (Phi) is 5.87. The van der Waals surface area contributed by atoms with Crippen LogP contribution in [0.4, 0.5) is 10.8 Å². The van der Waals surface area contributed by atoms with E-state index in [1.807, 2.05) is 44.2 Å². The lowest BCUT2D eigenvalue weighted by Gasteiger charge is -2.01. The Morgan fingerprint density at radius 2 is 1.89 bits per heavy atom. The molecule has 96 valence electrons. The number of benzene rings is 1. The van der Waals surface area contributed by atoms with Crippen molar-refractivity contribution in [3.05, 3.63) is 41.4 Å². The lowest BCUT2D eigenvalue weighted by atomic mass is 10.3. The minimum Gasteiger partial charge on any atom is -0.365 e. The zero-order valence-electron chi connectivity index (χ0n) is 10.7. The number of amides is 1. The molecule has 2 aromatic rings. The summed E-state index contributed by atoms with van der Waals surface area (Å²) in [6, 6.07) is 9.35. The van der Waals surface area contributed by atoms with E-state index in [1.165, 1.54) is 11.3 Å². The second-order valence-corrected chi connectivity index (χ2v) is 4.13. The number of carbonyl (C=O) groups excluding carboxylic acids is 1. The molecule has 0 saturated heterocycles. The molecule has 0 atom stereocenters. The maximum Gasteiger partial charge on any atom is 0.267 e. The van der Waals surface area contributed by atoms with Crippen LogP contribution in [-0.2, 0) is 0 Å². The van der Waals surface area contributed by atoms with E-state index >= 15 is 0 Å². The van der Waals surface area contributed by atoms with Crippen LogP contribution in [0.1, 0.15) is 23.5 Å². The number of nitrogens with zero attached hydrogens (tertiary/aromatic N) is 1. The first-order chi connectivity index (χ1) is 8.79. The van der Waals surface area contributed by atoms with Crippen molar-refractivity contribution >= 4 is 28.1 Å². The van der Waals surface area contributed by atoms with Crippen molar-refractivity contribution in [2.75, 3.05) is 17.7 Å². The Balaban J connectivity index is 0.000000771. The fourth-order valence-corrected chi connectivity index (χ4v) is 1.87. The number of rotatable bonds is 3. The van der Waals surface area contributed by atoms with Crippen LogP contribution >= 0.6 is 11.3 Å². The third-order valence-electron chi connectivity index (χ3n) is 1.98. The lowest BCUT2D eigenvalue weighted by Crippen LogP contribution is -2.09. The third-order valence-corrected chi connectivity index (χ3v) is 2.99. The van der Waals surface area contributed by atoms with E-state index in [2.05, 4.69) is 15.6 Å². The molecule has 18 heavy (non-hydrogen) atoms. The van der Waals surface area contributed by atoms with Crippen molar-refractivity contribution in [2.45, 2.75) is 13.8 Å². The highest BCUT2D eigenvalue weighted by atomic mass is 32.1. The SMILES string of the molecule is CC.CNc1ncc(C(=O)Nc2ccccc2)s1. The van der Waals surface area contributed by atoms with E-state index in [4.69, 9.17) is 0 Å². The molecule has 1 aromatic heterocycles. The van der Waals surface area contributed by atoms with Gasteiger partial charge < -0.3 is 10.6 Å². The average Bonchev–Trinajstić information content (AvgIpc) is 2.91. The number of para-hydroxylation sites is 1. The Hall–Kier alpha value is -1.88. The molecule has 4 nitrogen and oxygen atoms in total. The molecule has 0 aliphatic rings. The molecule has 2 N–H and O–H groups in total. The Morgan fingerprint density at radius 1 is 1.22 bits per heavy atom. The van der Waals surface area contributed by atoms with E-state index in [-0.39, 0.29) is 5.91 Å². The van der Waals surface area contributed by atoms with E-state index < -0.39 is 0 Å². The zero-order chi connectivity index (χ0) is 13.4. The summed E-state index contributed by atoms with van der Waals surface area (Å²) in [7, 11) is 1.78. The van der Waals surface area contributed by atoms with Gasteiger partial charge in [-0.2, -0.15) is 0 Å². The molecule has 0 aliphatic heterocycles. The van der Waals surface area contributed by atoms with E-state index in [9.17, 15) is 4.79 Å². The molecule has 5 heteroatoms. The van der Waals surface area contributed by atoms with Gasteiger partial charge in [0.15, 0.2) is 5.13 Å². The molecule has 2 rings (SSSR count). The summed E-state index contributed by atoms with van der Waals surface area (Å²) in [6.07, 6.45) is 1.56. The normalized spacial score (nSPS) is 9.06. The Bertz CT molecular complexity index is 482. The largest absolute Gasteiger partial charge is 0.365 e. The Morgan fingerprint density at radius 3 is 2.44 bits per heavy atom. The highest BCUT2D eigenvalue weighted by Gasteiger charge is 2.09. The van der Waals surface area contributed by atoms with Crippen molar-refractivity contribution in [3.63, 3.8) is 0 Å². The second kappa shape index (κ2) is 7.45. The molecular weight excluding hydrogens is 246 g/mol. The number of carbonyl (C=O) groups is 1. The lowest BCUT2D eigenvalue weighted by molar-refractivity contribution is 0.103. The van der Waals surface area contributed by atoms with Crippen LogP contribution < -0.4 is 10.6 Å². The first kappa shape index (κ1) is 14.2. The first-order valence-corrected chi connectivity index (χ1v) is 6.61. The second-order valence-electron chi connectivity index (χ2n) is 3.10. The topological polar surface area (TPSA) is 54.0 Å². The maximum atomic E-state index is 11.8. The molecule has 0 fully saturated rings. The molecule has 1 aromatic carbocycles.